The molecule has 0 aromatic heterocycles. The van der Waals surface area contributed by atoms with Crippen LogP contribution < -0.4 is 5.32 Å². The van der Waals surface area contributed by atoms with Gasteiger partial charge in [0.2, 0.25) is 0 Å². The molecule has 0 aromatic carbocycles. The normalized spacial score (nSPS) is 37.6. The minimum atomic E-state index is -4.03. The lowest BCUT2D eigenvalue weighted by Gasteiger charge is -2.43. The van der Waals surface area contributed by atoms with Gasteiger partial charge >= 0.3 is 6.18 Å². The van der Waals surface area contributed by atoms with Gasteiger partial charge in [-0.25, -0.2) is 0 Å². The van der Waals surface area contributed by atoms with Gasteiger partial charge < -0.3 is 5.32 Å². The van der Waals surface area contributed by atoms with Crippen LogP contribution in [0, 0.1) is 23.7 Å². The van der Waals surface area contributed by atoms with Crippen molar-refractivity contribution in [2.24, 2.45) is 23.7 Å². The Balaban J connectivity index is 2.08. The van der Waals surface area contributed by atoms with Crippen LogP contribution in [-0.4, -0.2) is 19.3 Å². The number of hydrogen-bond acceptors (Lipinski definition) is 1. The van der Waals surface area contributed by atoms with Crippen LogP contribution >= 0.6 is 0 Å². The van der Waals surface area contributed by atoms with E-state index in [-0.39, 0.29) is 12.0 Å². The van der Waals surface area contributed by atoms with E-state index in [9.17, 15) is 13.2 Å². The first-order valence-corrected chi connectivity index (χ1v) is 8.17. The van der Waals surface area contributed by atoms with Crippen molar-refractivity contribution in [3.63, 3.8) is 0 Å². The predicted octanol–water partition coefficient (Wildman–Crippen LogP) is 4.77. The summed E-state index contributed by atoms with van der Waals surface area (Å²) in [6.07, 6.45) is 3.26. The van der Waals surface area contributed by atoms with Crippen molar-refractivity contribution in [3.05, 3.63) is 0 Å². The van der Waals surface area contributed by atoms with E-state index in [0.717, 1.165) is 38.0 Å². The molecule has 0 radical (unpaired) electrons. The molecule has 0 aromatic rings. The van der Waals surface area contributed by atoms with Gasteiger partial charge in [-0.1, -0.05) is 32.6 Å². The van der Waals surface area contributed by atoms with Crippen LogP contribution in [0.15, 0.2) is 0 Å². The van der Waals surface area contributed by atoms with Gasteiger partial charge in [-0.05, 0) is 50.5 Å². The zero-order valence-corrected chi connectivity index (χ0v) is 12.7. The van der Waals surface area contributed by atoms with E-state index in [2.05, 4.69) is 12.2 Å². The second-order valence-corrected chi connectivity index (χ2v) is 6.93. The standard InChI is InChI=1S/C16H28F3N/c1-11-7-9-12(10-8-11)15(20-2)13-5-3-4-6-14(13)16(17,18)19/h11-15,20H,3-10H2,1-2H3. The molecule has 0 heterocycles. The molecule has 3 atom stereocenters. The summed E-state index contributed by atoms with van der Waals surface area (Å²) in [6.45, 7) is 2.25. The summed E-state index contributed by atoms with van der Waals surface area (Å²) in [4.78, 5) is 0. The topological polar surface area (TPSA) is 12.0 Å². The molecule has 0 saturated heterocycles. The Labute approximate surface area is 120 Å². The first-order chi connectivity index (χ1) is 9.43. The summed E-state index contributed by atoms with van der Waals surface area (Å²) < 4.78 is 39.9. The molecule has 3 unspecified atom stereocenters. The van der Waals surface area contributed by atoms with Gasteiger partial charge in [0, 0.05) is 6.04 Å². The van der Waals surface area contributed by atoms with E-state index in [1.807, 2.05) is 7.05 Å². The first-order valence-electron chi connectivity index (χ1n) is 8.17. The first kappa shape index (κ1) is 16.1. The molecular weight excluding hydrogens is 263 g/mol. The van der Waals surface area contributed by atoms with Gasteiger partial charge in [0.25, 0.3) is 0 Å². The van der Waals surface area contributed by atoms with Gasteiger partial charge in [0.1, 0.15) is 0 Å². The summed E-state index contributed by atoms with van der Waals surface area (Å²) in [7, 11) is 1.85. The van der Waals surface area contributed by atoms with Crippen LogP contribution in [0.1, 0.15) is 58.3 Å². The molecule has 20 heavy (non-hydrogen) atoms. The summed E-state index contributed by atoms with van der Waals surface area (Å²) >= 11 is 0. The molecule has 0 bridgehead atoms. The lowest BCUT2D eigenvalue weighted by molar-refractivity contribution is -0.201. The van der Waals surface area contributed by atoms with Gasteiger partial charge in [0.05, 0.1) is 5.92 Å². The van der Waals surface area contributed by atoms with Crippen molar-refractivity contribution in [1.82, 2.24) is 5.32 Å². The lowest BCUT2D eigenvalue weighted by Crippen LogP contribution is -2.48. The van der Waals surface area contributed by atoms with Gasteiger partial charge in [-0.2, -0.15) is 13.2 Å². The van der Waals surface area contributed by atoms with Gasteiger partial charge in [0.15, 0.2) is 0 Å². The number of alkyl halides is 3. The minimum absolute atomic E-state index is 0.0504. The van der Waals surface area contributed by atoms with Crippen molar-refractivity contribution < 1.29 is 13.2 Å². The molecule has 2 aliphatic carbocycles. The molecule has 118 valence electrons. The third-order valence-electron chi connectivity index (χ3n) is 5.60. The summed E-state index contributed by atoms with van der Waals surface area (Å²) in [5, 5.41) is 3.26. The Morgan fingerprint density at radius 2 is 1.55 bits per heavy atom. The van der Waals surface area contributed by atoms with Crippen LogP contribution in [0.3, 0.4) is 0 Å². The third kappa shape index (κ3) is 3.69. The SMILES string of the molecule is CNC(C1CCC(C)CC1)C1CCCCC1C(F)(F)F. The summed E-state index contributed by atoms with van der Waals surface area (Å²) in [5.41, 5.74) is 0. The fourth-order valence-electron chi connectivity index (χ4n) is 4.44. The molecule has 0 spiro atoms. The highest BCUT2D eigenvalue weighted by Crippen LogP contribution is 2.45. The van der Waals surface area contributed by atoms with Crippen molar-refractivity contribution in [2.75, 3.05) is 7.05 Å². The van der Waals surface area contributed by atoms with E-state index in [1.165, 1.54) is 12.8 Å². The molecule has 2 fully saturated rings. The highest BCUT2D eigenvalue weighted by Gasteiger charge is 2.48. The molecule has 0 amide bonds. The monoisotopic (exact) mass is 291 g/mol. The average Bonchev–Trinajstić information content (AvgIpc) is 2.41. The van der Waals surface area contributed by atoms with E-state index >= 15 is 0 Å². The van der Waals surface area contributed by atoms with Crippen molar-refractivity contribution in [1.29, 1.82) is 0 Å². The minimum Gasteiger partial charge on any atom is -0.316 e. The summed E-state index contributed by atoms with van der Waals surface area (Å²) in [6, 6.07) is 0.0504. The quantitative estimate of drug-likeness (QED) is 0.790. The Morgan fingerprint density at radius 3 is 2.10 bits per heavy atom. The van der Waals surface area contributed by atoms with Gasteiger partial charge in [-0.15, -0.1) is 0 Å². The van der Waals surface area contributed by atoms with Crippen molar-refractivity contribution in [2.45, 2.75) is 70.5 Å². The number of hydrogen-bond donors (Lipinski definition) is 1. The number of halogens is 3. The highest BCUT2D eigenvalue weighted by atomic mass is 19.4. The van der Waals surface area contributed by atoms with Crippen LogP contribution in [0.2, 0.25) is 0 Å². The zero-order chi connectivity index (χ0) is 14.8. The maximum absolute atomic E-state index is 13.3. The second kappa shape index (κ2) is 6.67. The maximum Gasteiger partial charge on any atom is 0.392 e. The summed E-state index contributed by atoms with van der Waals surface area (Å²) in [5.74, 6) is -0.127. The largest absolute Gasteiger partial charge is 0.392 e. The zero-order valence-electron chi connectivity index (χ0n) is 12.7. The average molecular weight is 291 g/mol. The molecule has 4 heteroatoms. The fourth-order valence-corrected chi connectivity index (χ4v) is 4.44. The molecule has 0 aliphatic heterocycles. The molecule has 1 N–H and O–H groups in total. The van der Waals surface area contributed by atoms with E-state index in [1.54, 1.807) is 0 Å². The molecule has 1 nitrogen and oxygen atoms in total. The third-order valence-corrected chi connectivity index (χ3v) is 5.60. The lowest BCUT2D eigenvalue weighted by atomic mass is 9.68. The number of rotatable bonds is 3. The Hall–Kier alpha value is -0.250. The Morgan fingerprint density at radius 1 is 0.950 bits per heavy atom. The Bertz CT molecular complexity index is 295. The molecule has 2 saturated carbocycles. The van der Waals surface area contributed by atoms with Crippen LogP contribution in [0.4, 0.5) is 13.2 Å². The molecule has 2 rings (SSSR count). The maximum atomic E-state index is 13.3. The molecular formula is C16H28F3N. The Kier molecular flexibility index (Phi) is 5.38. The second-order valence-electron chi connectivity index (χ2n) is 6.93. The van der Waals surface area contributed by atoms with Crippen molar-refractivity contribution in [3.8, 4) is 0 Å². The smallest absolute Gasteiger partial charge is 0.316 e. The van der Waals surface area contributed by atoms with Crippen molar-refractivity contribution >= 4 is 0 Å². The number of nitrogens with one attached hydrogen (secondary N) is 1. The van der Waals surface area contributed by atoms with Gasteiger partial charge in [-0.3, -0.25) is 0 Å². The van der Waals surface area contributed by atoms with Crippen LogP contribution in [0.25, 0.3) is 0 Å². The molecule has 2 aliphatic rings. The highest BCUT2D eigenvalue weighted by molar-refractivity contribution is 4.92. The van der Waals surface area contributed by atoms with E-state index < -0.39 is 12.1 Å². The van der Waals surface area contributed by atoms with E-state index in [4.69, 9.17) is 0 Å². The predicted molar refractivity (Wildman–Crippen MR) is 75.5 cm³/mol. The van der Waals surface area contributed by atoms with E-state index in [0.29, 0.717) is 12.3 Å². The fraction of sp³-hybridized carbons (Fsp3) is 1.00. The van der Waals surface area contributed by atoms with Crippen LogP contribution in [-0.2, 0) is 0 Å². The van der Waals surface area contributed by atoms with Crippen LogP contribution in [0.5, 0.6) is 0 Å².